The smallest absolute Gasteiger partial charge is 0.319 e. The predicted molar refractivity (Wildman–Crippen MR) is 96.7 cm³/mol. The molecule has 26 heavy (non-hydrogen) atoms. The van der Waals surface area contributed by atoms with Crippen LogP contribution < -0.4 is 20.1 Å². The summed E-state index contributed by atoms with van der Waals surface area (Å²) in [6.45, 7) is 1.90. The Kier molecular flexibility index (Phi) is 4.36. The van der Waals surface area contributed by atoms with Gasteiger partial charge in [0.2, 0.25) is 0 Å². The number of amides is 2. The quantitative estimate of drug-likeness (QED) is 0.889. The number of hydrogen-bond acceptors (Lipinski definition) is 4. The van der Waals surface area contributed by atoms with Gasteiger partial charge in [-0.3, -0.25) is 0 Å². The van der Waals surface area contributed by atoms with Crippen LogP contribution in [-0.4, -0.2) is 25.8 Å². The molecule has 0 unspecified atom stereocenters. The molecule has 0 saturated heterocycles. The second-order valence-corrected chi connectivity index (χ2v) is 6.34. The highest BCUT2D eigenvalue weighted by molar-refractivity contribution is 5.89. The van der Waals surface area contributed by atoms with Crippen molar-refractivity contribution in [1.29, 1.82) is 5.26 Å². The number of rotatable bonds is 4. The fraction of sp³-hybridized carbons (Fsp3) is 0.300. The molecular formula is C20H19N3O3. The zero-order valence-corrected chi connectivity index (χ0v) is 14.3. The molecule has 2 N–H and O–H groups in total. The number of hydrogen-bond donors (Lipinski definition) is 2. The van der Waals surface area contributed by atoms with E-state index in [4.69, 9.17) is 14.7 Å². The summed E-state index contributed by atoms with van der Waals surface area (Å²) in [6, 6.07) is 10.7. The molecule has 2 amide bonds. The number of nitriles is 1. The lowest BCUT2D eigenvalue weighted by molar-refractivity contribution is 0.252. The van der Waals surface area contributed by atoms with Gasteiger partial charge in [0.1, 0.15) is 11.5 Å². The maximum atomic E-state index is 12.1. The third-order valence-corrected chi connectivity index (χ3v) is 4.67. The third kappa shape index (κ3) is 3.16. The van der Waals surface area contributed by atoms with Gasteiger partial charge in [0.25, 0.3) is 0 Å². The Morgan fingerprint density at radius 3 is 2.96 bits per heavy atom. The predicted octanol–water partition coefficient (Wildman–Crippen LogP) is 2.79. The average molecular weight is 349 g/mol. The van der Waals surface area contributed by atoms with Gasteiger partial charge >= 0.3 is 6.03 Å². The summed E-state index contributed by atoms with van der Waals surface area (Å²) in [5.41, 5.74) is 4.66. The number of fused-ring (bicyclic) bond motifs is 2. The summed E-state index contributed by atoms with van der Waals surface area (Å²) in [4.78, 5) is 12.1. The summed E-state index contributed by atoms with van der Waals surface area (Å²) in [7, 11) is 0. The number of ether oxygens (including phenoxy) is 2. The van der Waals surface area contributed by atoms with Gasteiger partial charge in [0, 0.05) is 41.8 Å². The van der Waals surface area contributed by atoms with E-state index in [9.17, 15) is 4.79 Å². The molecule has 0 bridgehead atoms. The Balaban J connectivity index is 1.39. The molecule has 0 spiro atoms. The Morgan fingerprint density at radius 2 is 2.08 bits per heavy atom. The summed E-state index contributed by atoms with van der Waals surface area (Å²) in [5.74, 6) is 1.93. The molecule has 6 nitrogen and oxygen atoms in total. The molecule has 132 valence electrons. The number of carbonyl (C=O) groups is 1. The molecule has 0 aromatic heterocycles. The summed E-state index contributed by atoms with van der Waals surface area (Å²) in [6.07, 6.45) is 2.48. The van der Waals surface area contributed by atoms with Gasteiger partial charge in [-0.2, -0.15) is 5.26 Å². The molecule has 2 aromatic rings. The summed E-state index contributed by atoms with van der Waals surface area (Å²) >= 11 is 0. The lowest BCUT2D eigenvalue weighted by atomic mass is 9.97. The molecule has 0 fully saturated rings. The van der Waals surface area contributed by atoms with Gasteiger partial charge in [-0.05, 0) is 30.7 Å². The van der Waals surface area contributed by atoms with Crippen LogP contribution in [0.5, 0.6) is 11.5 Å². The van der Waals surface area contributed by atoms with Crippen LogP contribution in [0.4, 0.5) is 10.5 Å². The van der Waals surface area contributed by atoms with Crippen molar-refractivity contribution in [2.75, 3.05) is 25.1 Å². The molecule has 0 saturated carbocycles. The maximum Gasteiger partial charge on any atom is 0.319 e. The van der Waals surface area contributed by atoms with Crippen LogP contribution in [0.1, 0.15) is 22.3 Å². The lowest BCUT2D eigenvalue weighted by Crippen LogP contribution is -2.30. The van der Waals surface area contributed by atoms with Crippen LogP contribution in [-0.2, 0) is 19.3 Å². The van der Waals surface area contributed by atoms with Gasteiger partial charge < -0.3 is 20.1 Å². The number of urea groups is 1. The van der Waals surface area contributed by atoms with Crippen LogP contribution in [0.3, 0.4) is 0 Å². The highest BCUT2D eigenvalue weighted by Crippen LogP contribution is 2.40. The van der Waals surface area contributed by atoms with Crippen molar-refractivity contribution in [3.8, 4) is 17.6 Å². The first-order valence-electron chi connectivity index (χ1n) is 8.73. The zero-order chi connectivity index (χ0) is 17.9. The number of nitrogens with zero attached hydrogens (tertiary/aromatic N) is 1. The minimum absolute atomic E-state index is 0.290. The van der Waals surface area contributed by atoms with E-state index in [0.29, 0.717) is 37.4 Å². The Bertz CT molecular complexity index is 870. The highest BCUT2D eigenvalue weighted by atomic mass is 16.5. The standard InChI is InChI=1S/C20H19N3O3/c21-12-13-2-1-3-15(10-13)23-20(24)22-7-4-17-16-6-9-25-18(16)11-14-5-8-26-19(14)17/h1-3,10-11H,4-9H2,(H2,22,23,24). The highest BCUT2D eigenvalue weighted by Gasteiger charge is 2.26. The monoisotopic (exact) mass is 349 g/mol. The Morgan fingerprint density at radius 1 is 1.19 bits per heavy atom. The van der Waals surface area contributed by atoms with Crippen molar-refractivity contribution in [3.63, 3.8) is 0 Å². The van der Waals surface area contributed by atoms with Gasteiger partial charge in [-0.15, -0.1) is 0 Å². The Labute approximate surface area is 151 Å². The average Bonchev–Trinajstić information content (AvgIpc) is 3.30. The van der Waals surface area contributed by atoms with Crippen LogP contribution in [0.15, 0.2) is 30.3 Å². The first-order valence-corrected chi connectivity index (χ1v) is 8.73. The van der Waals surface area contributed by atoms with E-state index in [2.05, 4.69) is 22.8 Å². The van der Waals surface area contributed by atoms with E-state index < -0.39 is 0 Å². The maximum absolute atomic E-state index is 12.1. The van der Waals surface area contributed by atoms with Crippen LogP contribution in [0.25, 0.3) is 0 Å². The number of nitrogens with one attached hydrogen (secondary N) is 2. The summed E-state index contributed by atoms with van der Waals surface area (Å²) < 4.78 is 11.5. The van der Waals surface area contributed by atoms with Crippen molar-refractivity contribution < 1.29 is 14.3 Å². The van der Waals surface area contributed by atoms with Gasteiger partial charge in [-0.1, -0.05) is 6.07 Å². The van der Waals surface area contributed by atoms with Gasteiger partial charge in [0.05, 0.1) is 24.8 Å². The van der Waals surface area contributed by atoms with Gasteiger partial charge in [0.15, 0.2) is 0 Å². The van der Waals surface area contributed by atoms with E-state index in [0.717, 1.165) is 29.9 Å². The SMILES string of the molecule is N#Cc1cccc(NC(=O)NCCc2c3c(cc4c2OCC4)OCC3)c1. The summed E-state index contributed by atoms with van der Waals surface area (Å²) in [5, 5.41) is 14.5. The second kappa shape index (κ2) is 6.96. The second-order valence-electron chi connectivity index (χ2n) is 6.34. The molecule has 4 rings (SSSR count). The molecule has 6 heteroatoms. The molecule has 2 aromatic carbocycles. The molecule has 0 radical (unpaired) electrons. The lowest BCUT2D eigenvalue weighted by Gasteiger charge is -2.13. The van der Waals surface area contributed by atoms with Crippen LogP contribution in [0.2, 0.25) is 0 Å². The minimum atomic E-state index is -0.290. The van der Waals surface area contributed by atoms with Crippen molar-refractivity contribution in [3.05, 3.63) is 52.6 Å². The molecule has 0 atom stereocenters. The third-order valence-electron chi connectivity index (χ3n) is 4.67. The van der Waals surface area contributed by atoms with Crippen molar-refractivity contribution in [2.45, 2.75) is 19.3 Å². The van der Waals surface area contributed by atoms with Crippen molar-refractivity contribution in [2.24, 2.45) is 0 Å². The van der Waals surface area contributed by atoms with Crippen LogP contribution in [0, 0.1) is 11.3 Å². The van der Waals surface area contributed by atoms with E-state index in [1.54, 1.807) is 24.3 Å². The van der Waals surface area contributed by atoms with Crippen molar-refractivity contribution in [1.82, 2.24) is 5.32 Å². The largest absolute Gasteiger partial charge is 0.493 e. The van der Waals surface area contributed by atoms with E-state index >= 15 is 0 Å². The fourth-order valence-electron chi connectivity index (χ4n) is 3.49. The van der Waals surface area contributed by atoms with Gasteiger partial charge in [-0.25, -0.2) is 4.79 Å². The first-order chi connectivity index (χ1) is 12.7. The number of carbonyl (C=O) groups excluding carboxylic acids is 1. The number of anilines is 1. The number of benzene rings is 2. The minimum Gasteiger partial charge on any atom is -0.493 e. The molecular weight excluding hydrogens is 330 g/mol. The van der Waals surface area contributed by atoms with E-state index in [-0.39, 0.29) is 6.03 Å². The first kappa shape index (κ1) is 16.3. The van der Waals surface area contributed by atoms with Crippen molar-refractivity contribution >= 4 is 11.7 Å². The van der Waals surface area contributed by atoms with E-state index in [1.807, 2.05) is 0 Å². The molecule has 0 aliphatic carbocycles. The normalized spacial score (nSPS) is 13.8. The molecule has 2 aliphatic heterocycles. The fourth-order valence-corrected chi connectivity index (χ4v) is 3.49. The van der Waals surface area contributed by atoms with Crippen LogP contribution >= 0.6 is 0 Å². The topological polar surface area (TPSA) is 83.4 Å². The van der Waals surface area contributed by atoms with E-state index in [1.165, 1.54) is 11.1 Å². The molecule has 2 aliphatic rings. The molecule has 2 heterocycles. The Hall–Kier alpha value is -3.20. The zero-order valence-electron chi connectivity index (χ0n) is 14.3.